The summed E-state index contributed by atoms with van der Waals surface area (Å²) in [4.78, 5) is 45.9. The highest BCUT2D eigenvalue weighted by molar-refractivity contribution is 5.92. The van der Waals surface area contributed by atoms with E-state index in [1.54, 1.807) is 6.92 Å². The van der Waals surface area contributed by atoms with Crippen LogP contribution in [-0.2, 0) is 28.7 Å². The lowest BCUT2D eigenvalue weighted by molar-refractivity contribution is -0.222. The van der Waals surface area contributed by atoms with Crippen LogP contribution in [0.4, 0.5) is 0 Å². The van der Waals surface area contributed by atoms with Gasteiger partial charge in [0.1, 0.15) is 12.2 Å². The van der Waals surface area contributed by atoms with Crippen molar-refractivity contribution in [2.24, 2.45) is 45.1 Å². The van der Waals surface area contributed by atoms with Gasteiger partial charge < -0.3 is 14.3 Å². The zero-order valence-electron chi connectivity index (χ0n) is 24.2. The Bertz CT molecular complexity index is 1130. The van der Waals surface area contributed by atoms with Crippen LogP contribution < -0.4 is 0 Å². The van der Waals surface area contributed by atoms with Crippen molar-refractivity contribution in [3.05, 3.63) is 12.2 Å². The average molecular weight is 541 g/mol. The molecule has 5 saturated carbocycles. The lowest BCUT2D eigenvalue weighted by atomic mass is 9.43. The number of piperidine rings is 1. The average Bonchev–Trinajstić information content (AvgIpc) is 3.46. The lowest BCUT2D eigenvalue weighted by Gasteiger charge is -2.65. The van der Waals surface area contributed by atoms with E-state index >= 15 is 0 Å². The number of likely N-dealkylation sites (tertiary alicyclic amines) is 1. The van der Waals surface area contributed by atoms with Gasteiger partial charge in [-0.25, -0.2) is 4.79 Å². The van der Waals surface area contributed by atoms with Crippen LogP contribution in [-0.4, -0.2) is 59.9 Å². The highest BCUT2D eigenvalue weighted by atomic mass is 16.7. The van der Waals surface area contributed by atoms with Crippen molar-refractivity contribution in [1.29, 1.82) is 0 Å². The molecule has 214 valence electrons. The molecule has 39 heavy (non-hydrogen) atoms. The molecule has 8 heteroatoms. The van der Waals surface area contributed by atoms with Crippen LogP contribution in [0.1, 0.15) is 86.0 Å². The maximum absolute atomic E-state index is 12.9. The second-order valence-corrected chi connectivity index (χ2v) is 13.3. The number of oxime groups is 1. The SMILES string of the molecule is C=C1[C@H]2C[C@@]3([C@@H]1OC(=O)CC)[C@@H](C/C2=N/OC(=O)CC)[C@@]12[C@@H](OC(=O)CC)CC[C@@]4(C)CN(CC)[C@@H]1[C@@H]3C[C@H]42. The van der Waals surface area contributed by atoms with Crippen molar-refractivity contribution in [2.45, 2.75) is 104 Å². The van der Waals surface area contributed by atoms with Crippen LogP contribution in [0, 0.1) is 39.9 Å². The summed E-state index contributed by atoms with van der Waals surface area (Å²) in [5.74, 6) is 0.00517. The van der Waals surface area contributed by atoms with Gasteiger partial charge in [0.25, 0.3) is 0 Å². The molecule has 1 aliphatic heterocycles. The van der Waals surface area contributed by atoms with E-state index in [1.807, 2.05) is 13.8 Å². The summed E-state index contributed by atoms with van der Waals surface area (Å²) in [7, 11) is 0. The van der Waals surface area contributed by atoms with E-state index in [0.717, 1.165) is 50.1 Å². The van der Waals surface area contributed by atoms with E-state index in [4.69, 9.17) is 14.3 Å². The molecule has 6 rings (SSSR count). The Kier molecular flexibility index (Phi) is 6.33. The Hall–Kier alpha value is -2.22. The number of nitrogens with zero attached hydrogens (tertiary/aromatic N) is 2. The molecule has 10 atom stereocenters. The Balaban J connectivity index is 1.54. The summed E-state index contributed by atoms with van der Waals surface area (Å²) in [5, 5.41) is 4.46. The van der Waals surface area contributed by atoms with Gasteiger partial charge in [-0.2, -0.15) is 0 Å². The van der Waals surface area contributed by atoms with Crippen molar-refractivity contribution in [1.82, 2.24) is 4.90 Å². The Morgan fingerprint density at radius 3 is 2.38 bits per heavy atom. The zero-order chi connectivity index (χ0) is 27.9. The molecule has 8 nitrogen and oxygen atoms in total. The van der Waals surface area contributed by atoms with Gasteiger partial charge >= 0.3 is 17.9 Å². The normalized spacial score (nSPS) is 46.2. The van der Waals surface area contributed by atoms with Crippen molar-refractivity contribution in [3.63, 3.8) is 0 Å². The maximum Gasteiger partial charge on any atom is 0.334 e. The predicted molar refractivity (Wildman–Crippen MR) is 144 cm³/mol. The fourth-order valence-electron chi connectivity index (χ4n) is 10.8. The molecular formula is C31H44N2O6. The second-order valence-electron chi connectivity index (χ2n) is 13.3. The predicted octanol–water partition coefficient (Wildman–Crippen LogP) is 4.66. The number of ether oxygens (including phenoxy) is 2. The van der Waals surface area contributed by atoms with Crippen LogP contribution >= 0.6 is 0 Å². The fourth-order valence-corrected chi connectivity index (χ4v) is 10.8. The first kappa shape index (κ1) is 27.0. The molecule has 0 aromatic heterocycles. The van der Waals surface area contributed by atoms with Gasteiger partial charge in [0.15, 0.2) is 0 Å². The van der Waals surface area contributed by atoms with Crippen molar-refractivity contribution in [2.75, 3.05) is 13.1 Å². The smallest absolute Gasteiger partial charge is 0.334 e. The van der Waals surface area contributed by atoms with E-state index in [0.29, 0.717) is 31.1 Å². The van der Waals surface area contributed by atoms with Gasteiger partial charge in [0.05, 0.1) is 5.71 Å². The Morgan fingerprint density at radius 2 is 1.72 bits per heavy atom. The van der Waals surface area contributed by atoms with Crippen LogP contribution in [0.25, 0.3) is 0 Å². The third kappa shape index (κ3) is 3.33. The standard InChI is InChI=1S/C31H44N2O6/c1-7-24(34)37-23-11-12-29(6)16-33(10-4)27-19-13-21(29)31(23,27)22-14-20(32-39-26(36)9-3)18-15-30(19,22)28(17(18)5)38-25(35)8-2/h18-19,21-23,27-28H,5,7-16H2,1-4,6H3/b32-20-/t18-,19+,21-,22-,23+,27-,28-,29+,30+,31+/m1/s1. The first-order valence-corrected chi connectivity index (χ1v) is 15.2. The van der Waals surface area contributed by atoms with E-state index in [-0.39, 0.29) is 64.6 Å². The van der Waals surface area contributed by atoms with Crippen LogP contribution in [0.5, 0.6) is 0 Å². The monoisotopic (exact) mass is 540 g/mol. The zero-order valence-corrected chi connectivity index (χ0v) is 24.2. The second kappa shape index (κ2) is 9.15. The number of hydrogen-bond acceptors (Lipinski definition) is 8. The number of rotatable bonds is 7. The molecule has 1 heterocycles. The molecule has 0 unspecified atom stereocenters. The van der Waals surface area contributed by atoms with Crippen molar-refractivity contribution < 1.29 is 28.7 Å². The number of fused-ring (bicyclic) bond motifs is 1. The van der Waals surface area contributed by atoms with Gasteiger partial charge in [-0.3, -0.25) is 14.5 Å². The molecule has 7 bridgehead atoms. The molecular weight excluding hydrogens is 496 g/mol. The minimum Gasteiger partial charge on any atom is -0.462 e. The summed E-state index contributed by atoms with van der Waals surface area (Å²) in [6.07, 6.45) is 4.71. The first-order chi connectivity index (χ1) is 18.6. The Morgan fingerprint density at radius 1 is 1.03 bits per heavy atom. The van der Waals surface area contributed by atoms with Crippen molar-refractivity contribution in [3.8, 4) is 0 Å². The summed E-state index contributed by atoms with van der Waals surface area (Å²) in [6, 6.07) is 0.243. The molecule has 0 amide bonds. The van der Waals surface area contributed by atoms with Gasteiger partial charge in [0, 0.05) is 48.6 Å². The third-order valence-corrected chi connectivity index (χ3v) is 12.0. The number of carbonyl (C=O) groups excluding carboxylic acids is 3. The largest absolute Gasteiger partial charge is 0.462 e. The van der Waals surface area contributed by atoms with Gasteiger partial charge in [-0.05, 0) is 67.4 Å². The molecule has 2 spiro atoms. The molecule has 6 aliphatic rings. The van der Waals surface area contributed by atoms with Gasteiger partial charge in [0.2, 0.25) is 0 Å². The first-order valence-electron chi connectivity index (χ1n) is 15.2. The van der Waals surface area contributed by atoms with E-state index in [9.17, 15) is 14.4 Å². The van der Waals surface area contributed by atoms with Gasteiger partial charge in [-0.15, -0.1) is 0 Å². The fraction of sp³-hybridized carbons (Fsp3) is 0.806. The molecule has 0 radical (unpaired) electrons. The molecule has 0 aromatic carbocycles. The topological polar surface area (TPSA) is 94.5 Å². The minimum absolute atomic E-state index is 0.0853. The third-order valence-electron chi connectivity index (χ3n) is 12.0. The minimum atomic E-state index is -0.408. The molecule has 6 fully saturated rings. The van der Waals surface area contributed by atoms with Crippen LogP contribution in [0.3, 0.4) is 0 Å². The van der Waals surface area contributed by atoms with E-state index in [1.165, 1.54) is 0 Å². The van der Waals surface area contributed by atoms with E-state index in [2.05, 4.69) is 30.5 Å². The highest BCUT2D eigenvalue weighted by Gasteiger charge is 2.86. The van der Waals surface area contributed by atoms with E-state index < -0.39 is 6.10 Å². The van der Waals surface area contributed by atoms with Gasteiger partial charge in [-0.1, -0.05) is 46.4 Å². The maximum atomic E-state index is 12.9. The molecule has 0 aromatic rings. The summed E-state index contributed by atoms with van der Waals surface area (Å²) in [6.45, 7) is 16.6. The lowest BCUT2D eigenvalue weighted by Crippen LogP contribution is -2.69. The summed E-state index contributed by atoms with van der Waals surface area (Å²) >= 11 is 0. The number of esters is 2. The molecule has 5 aliphatic carbocycles. The highest BCUT2D eigenvalue weighted by Crippen LogP contribution is 2.83. The number of hydrogen-bond donors (Lipinski definition) is 0. The van der Waals surface area contributed by atoms with Crippen molar-refractivity contribution >= 4 is 23.6 Å². The van der Waals surface area contributed by atoms with Crippen LogP contribution in [0.2, 0.25) is 0 Å². The molecule has 1 saturated heterocycles. The summed E-state index contributed by atoms with van der Waals surface area (Å²) in [5.41, 5.74) is 1.29. The quantitative estimate of drug-likeness (QED) is 0.201. The molecule has 0 N–H and O–H groups in total. The van der Waals surface area contributed by atoms with Crippen LogP contribution in [0.15, 0.2) is 17.3 Å². The summed E-state index contributed by atoms with van der Waals surface area (Å²) < 4.78 is 12.7. The Labute approximate surface area is 231 Å². The number of carbonyl (C=O) groups is 3.